The van der Waals surface area contributed by atoms with Gasteiger partial charge in [0.25, 0.3) is 5.91 Å². The van der Waals surface area contributed by atoms with Crippen molar-refractivity contribution < 1.29 is 4.79 Å². The zero-order valence-corrected chi connectivity index (χ0v) is 12.6. The maximum atomic E-state index is 12.4. The highest BCUT2D eigenvalue weighted by Gasteiger charge is 2.18. The van der Waals surface area contributed by atoms with Gasteiger partial charge in [0.05, 0.1) is 22.6 Å². The van der Waals surface area contributed by atoms with Crippen molar-refractivity contribution in [1.82, 2.24) is 10.2 Å². The molecule has 0 aliphatic rings. The number of anilines is 2. The van der Waals surface area contributed by atoms with Gasteiger partial charge in [-0.05, 0) is 30.7 Å². The van der Waals surface area contributed by atoms with Gasteiger partial charge in [0.15, 0.2) is 0 Å². The lowest BCUT2D eigenvalue weighted by molar-refractivity contribution is 0.103. The number of aryl methyl sites for hydroxylation is 1. The highest BCUT2D eigenvalue weighted by molar-refractivity contribution is 7.21. The summed E-state index contributed by atoms with van der Waals surface area (Å²) in [5, 5.41) is 11.7. The maximum Gasteiger partial charge on any atom is 0.267 e. The molecule has 21 heavy (non-hydrogen) atoms. The number of amides is 1. The Morgan fingerprint density at radius 3 is 2.95 bits per heavy atom. The summed E-state index contributed by atoms with van der Waals surface area (Å²) in [6.07, 6.45) is 1.55. The normalized spacial score (nSPS) is 10.8. The lowest BCUT2D eigenvalue weighted by Crippen LogP contribution is -2.12. The highest BCUT2D eigenvalue weighted by Crippen LogP contribution is 2.32. The predicted molar refractivity (Wildman–Crippen MR) is 86.0 cm³/mol. The first kappa shape index (κ1) is 13.8. The number of hydrogen-bond donors (Lipinski definition) is 2. The number of aromatic nitrogens is 2. The molecule has 0 unspecified atom stereocenters. The van der Waals surface area contributed by atoms with E-state index in [9.17, 15) is 4.79 Å². The Hall–Kier alpha value is -2.18. The van der Waals surface area contributed by atoms with Crippen LogP contribution < -0.4 is 11.1 Å². The monoisotopic (exact) mass is 318 g/mol. The molecule has 0 spiro atoms. The number of rotatable bonds is 2. The van der Waals surface area contributed by atoms with Crippen molar-refractivity contribution in [1.29, 1.82) is 0 Å². The second kappa shape index (κ2) is 5.31. The summed E-state index contributed by atoms with van der Waals surface area (Å²) >= 11 is 7.29. The van der Waals surface area contributed by atoms with Crippen molar-refractivity contribution in [2.45, 2.75) is 6.92 Å². The summed E-state index contributed by atoms with van der Waals surface area (Å²) < 4.78 is 0. The van der Waals surface area contributed by atoms with E-state index in [4.69, 9.17) is 17.3 Å². The van der Waals surface area contributed by atoms with Crippen LogP contribution in [0.25, 0.3) is 10.2 Å². The SMILES string of the molecule is Cc1ccc(Cl)c(NC(=O)c2sc3nnccc3c2N)c1. The van der Waals surface area contributed by atoms with E-state index in [0.717, 1.165) is 10.9 Å². The van der Waals surface area contributed by atoms with Crippen LogP contribution in [0.5, 0.6) is 0 Å². The molecule has 1 amide bonds. The Balaban J connectivity index is 1.97. The molecular formula is C14H11ClN4OS. The van der Waals surface area contributed by atoms with Gasteiger partial charge in [-0.3, -0.25) is 4.79 Å². The third kappa shape index (κ3) is 2.55. The van der Waals surface area contributed by atoms with Crippen LogP contribution in [-0.4, -0.2) is 16.1 Å². The number of nitrogens with zero attached hydrogens (tertiary/aromatic N) is 2. The van der Waals surface area contributed by atoms with Crippen LogP contribution in [0.15, 0.2) is 30.5 Å². The first-order valence-electron chi connectivity index (χ1n) is 6.13. The zero-order valence-electron chi connectivity index (χ0n) is 11.1. The lowest BCUT2D eigenvalue weighted by Gasteiger charge is -2.07. The topological polar surface area (TPSA) is 80.9 Å². The molecule has 3 N–H and O–H groups in total. The molecule has 5 nitrogen and oxygen atoms in total. The molecule has 0 fully saturated rings. The van der Waals surface area contributed by atoms with Crippen LogP contribution in [-0.2, 0) is 0 Å². The van der Waals surface area contributed by atoms with E-state index >= 15 is 0 Å². The van der Waals surface area contributed by atoms with Gasteiger partial charge in [0, 0.05) is 5.39 Å². The number of nitrogen functional groups attached to an aromatic ring is 1. The smallest absolute Gasteiger partial charge is 0.267 e. The molecule has 2 aromatic heterocycles. The summed E-state index contributed by atoms with van der Waals surface area (Å²) in [7, 11) is 0. The molecule has 1 aromatic carbocycles. The Kier molecular flexibility index (Phi) is 3.48. The molecule has 0 aliphatic carbocycles. The molecule has 0 saturated heterocycles. The van der Waals surface area contributed by atoms with Crippen LogP contribution in [0.3, 0.4) is 0 Å². The van der Waals surface area contributed by atoms with Gasteiger partial charge in [-0.15, -0.1) is 16.4 Å². The number of halogens is 1. The summed E-state index contributed by atoms with van der Waals surface area (Å²) in [5.41, 5.74) is 7.98. The van der Waals surface area contributed by atoms with Crippen LogP contribution in [0.1, 0.15) is 15.2 Å². The minimum Gasteiger partial charge on any atom is -0.397 e. The fraction of sp³-hybridized carbons (Fsp3) is 0.0714. The van der Waals surface area contributed by atoms with E-state index in [1.165, 1.54) is 11.3 Å². The van der Waals surface area contributed by atoms with E-state index in [-0.39, 0.29) is 5.91 Å². The standard InChI is InChI=1S/C14H11ClN4OS/c1-7-2-3-9(15)10(6-7)18-13(20)12-11(16)8-4-5-17-19-14(8)21-12/h2-6H,16H2,1H3,(H,18,20). The maximum absolute atomic E-state index is 12.4. The molecule has 3 aromatic rings. The van der Waals surface area contributed by atoms with Crippen molar-refractivity contribution in [3.63, 3.8) is 0 Å². The molecule has 0 bridgehead atoms. The van der Waals surface area contributed by atoms with E-state index in [2.05, 4.69) is 15.5 Å². The molecule has 0 saturated carbocycles. The Bertz CT molecular complexity index is 846. The molecule has 106 valence electrons. The van der Waals surface area contributed by atoms with Crippen molar-refractivity contribution in [2.24, 2.45) is 0 Å². The van der Waals surface area contributed by atoms with Gasteiger partial charge in [0.2, 0.25) is 0 Å². The fourth-order valence-corrected chi connectivity index (χ4v) is 3.05. The predicted octanol–water partition coefficient (Wildman–Crippen LogP) is 3.49. The first-order chi connectivity index (χ1) is 10.1. The third-order valence-electron chi connectivity index (χ3n) is 3.00. The quantitative estimate of drug-likeness (QED) is 0.758. The Morgan fingerprint density at radius 1 is 1.38 bits per heavy atom. The minimum absolute atomic E-state index is 0.303. The molecule has 3 rings (SSSR count). The number of nitrogens with two attached hydrogens (primary N) is 1. The van der Waals surface area contributed by atoms with Crippen molar-refractivity contribution in [3.8, 4) is 0 Å². The first-order valence-corrected chi connectivity index (χ1v) is 7.33. The van der Waals surface area contributed by atoms with E-state index in [0.29, 0.717) is 26.1 Å². The molecule has 7 heteroatoms. The Morgan fingerprint density at radius 2 is 2.19 bits per heavy atom. The largest absolute Gasteiger partial charge is 0.397 e. The van der Waals surface area contributed by atoms with Crippen molar-refractivity contribution in [2.75, 3.05) is 11.1 Å². The van der Waals surface area contributed by atoms with Gasteiger partial charge < -0.3 is 11.1 Å². The van der Waals surface area contributed by atoms with Gasteiger partial charge in [-0.1, -0.05) is 17.7 Å². The molecule has 0 aliphatic heterocycles. The minimum atomic E-state index is -0.303. The second-order valence-electron chi connectivity index (χ2n) is 4.53. The molecule has 0 atom stereocenters. The molecule has 2 heterocycles. The average Bonchev–Trinajstić information content (AvgIpc) is 2.81. The average molecular weight is 319 g/mol. The lowest BCUT2D eigenvalue weighted by atomic mass is 10.2. The number of carbonyl (C=O) groups is 1. The fourth-order valence-electron chi connectivity index (χ4n) is 1.96. The number of fused-ring (bicyclic) bond motifs is 1. The number of carbonyl (C=O) groups excluding carboxylic acids is 1. The van der Waals surface area contributed by atoms with Gasteiger partial charge in [-0.25, -0.2) is 0 Å². The van der Waals surface area contributed by atoms with Crippen LogP contribution in [0.2, 0.25) is 5.02 Å². The van der Waals surface area contributed by atoms with Crippen molar-refractivity contribution >= 4 is 50.4 Å². The summed E-state index contributed by atoms with van der Waals surface area (Å²) in [5.74, 6) is -0.303. The summed E-state index contributed by atoms with van der Waals surface area (Å²) in [6, 6.07) is 7.17. The van der Waals surface area contributed by atoms with E-state index in [1.54, 1.807) is 18.3 Å². The number of benzene rings is 1. The second-order valence-corrected chi connectivity index (χ2v) is 5.94. The molecule has 0 radical (unpaired) electrons. The number of nitrogens with one attached hydrogen (secondary N) is 1. The summed E-state index contributed by atoms with van der Waals surface area (Å²) in [6.45, 7) is 1.93. The third-order valence-corrected chi connectivity index (χ3v) is 4.43. The Labute approximate surface area is 129 Å². The number of hydrogen-bond acceptors (Lipinski definition) is 5. The van der Waals surface area contributed by atoms with Crippen LogP contribution in [0.4, 0.5) is 11.4 Å². The van der Waals surface area contributed by atoms with Gasteiger partial charge in [-0.2, -0.15) is 5.10 Å². The van der Waals surface area contributed by atoms with Crippen molar-refractivity contribution in [3.05, 3.63) is 45.9 Å². The van der Waals surface area contributed by atoms with Crippen LogP contribution >= 0.6 is 22.9 Å². The zero-order chi connectivity index (χ0) is 15.0. The number of thiophene rings is 1. The highest BCUT2D eigenvalue weighted by atomic mass is 35.5. The molecular weight excluding hydrogens is 308 g/mol. The van der Waals surface area contributed by atoms with E-state index in [1.807, 2.05) is 19.1 Å². The van der Waals surface area contributed by atoms with Crippen LogP contribution in [0, 0.1) is 6.92 Å². The van der Waals surface area contributed by atoms with Gasteiger partial charge >= 0.3 is 0 Å². The summed E-state index contributed by atoms with van der Waals surface area (Å²) in [4.78, 5) is 13.4. The van der Waals surface area contributed by atoms with E-state index < -0.39 is 0 Å². The van der Waals surface area contributed by atoms with Gasteiger partial charge in [0.1, 0.15) is 9.71 Å².